The van der Waals surface area contributed by atoms with Crippen LogP contribution in [-0.2, 0) is 4.79 Å². The Bertz CT molecular complexity index is 932. The molecule has 0 atom stereocenters. The molecule has 0 aliphatic carbocycles. The minimum absolute atomic E-state index is 0.0179. The summed E-state index contributed by atoms with van der Waals surface area (Å²) in [6.45, 7) is 3.41. The van der Waals surface area contributed by atoms with Crippen LogP contribution in [0.5, 0.6) is 5.75 Å². The van der Waals surface area contributed by atoms with Crippen LogP contribution in [0.4, 0.5) is 5.69 Å². The van der Waals surface area contributed by atoms with Crippen molar-refractivity contribution in [2.75, 3.05) is 12.0 Å². The summed E-state index contributed by atoms with van der Waals surface area (Å²) >= 11 is 6.70. The minimum Gasteiger partial charge on any atom is -0.497 e. The second-order valence-electron chi connectivity index (χ2n) is 5.80. The highest BCUT2D eigenvalue weighted by atomic mass is 32.2. The third-order valence-corrected chi connectivity index (χ3v) is 5.62. The summed E-state index contributed by atoms with van der Waals surface area (Å²) in [5.74, 6) is 0.559. The highest BCUT2D eigenvalue weighted by Crippen LogP contribution is 2.39. The van der Waals surface area contributed by atoms with Gasteiger partial charge < -0.3 is 4.74 Å². The Labute approximate surface area is 161 Å². The van der Waals surface area contributed by atoms with E-state index in [1.165, 1.54) is 23.6 Å². The maximum Gasteiger partial charge on any atom is 0.271 e. The molecule has 1 fully saturated rings. The Hall–Kier alpha value is -2.44. The van der Waals surface area contributed by atoms with Crippen molar-refractivity contribution in [3.05, 3.63) is 64.6 Å². The lowest BCUT2D eigenvalue weighted by Gasteiger charge is -2.15. The van der Waals surface area contributed by atoms with Gasteiger partial charge in [0.15, 0.2) is 10.1 Å². The first-order chi connectivity index (χ1) is 12.4. The van der Waals surface area contributed by atoms with Crippen LogP contribution < -0.4 is 9.64 Å². The number of ketones is 1. The molecular weight excluding hydrogens is 366 g/mol. The van der Waals surface area contributed by atoms with Gasteiger partial charge in [0.1, 0.15) is 5.75 Å². The number of ether oxygens (including phenoxy) is 1. The van der Waals surface area contributed by atoms with Crippen molar-refractivity contribution in [1.29, 1.82) is 0 Å². The summed E-state index contributed by atoms with van der Waals surface area (Å²) in [6.07, 6.45) is 0. The van der Waals surface area contributed by atoms with Gasteiger partial charge in [0.2, 0.25) is 0 Å². The summed E-state index contributed by atoms with van der Waals surface area (Å²) < 4.78 is 5.73. The molecule has 0 radical (unpaired) electrons. The summed E-state index contributed by atoms with van der Waals surface area (Å²) in [4.78, 5) is 26.5. The number of nitrogens with zero attached hydrogens (tertiary/aromatic N) is 1. The van der Waals surface area contributed by atoms with Crippen LogP contribution >= 0.6 is 24.0 Å². The van der Waals surface area contributed by atoms with Crippen LogP contribution in [0, 0.1) is 0 Å². The first kappa shape index (κ1) is 18.4. The third kappa shape index (κ3) is 3.43. The van der Waals surface area contributed by atoms with Crippen LogP contribution in [0.25, 0.3) is 5.57 Å². The van der Waals surface area contributed by atoms with E-state index in [1.807, 2.05) is 31.2 Å². The van der Waals surface area contributed by atoms with Crippen LogP contribution in [0.2, 0.25) is 0 Å². The monoisotopic (exact) mass is 383 g/mol. The Morgan fingerprint density at radius 1 is 1.08 bits per heavy atom. The Morgan fingerprint density at radius 3 is 2.38 bits per heavy atom. The van der Waals surface area contributed by atoms with Gasteiger partial charge in [0, 0.05) is 5.56 Å². The van der Waals surface area contributed by atoms with Gasteiger partial charge in [-0.3, -0.25) is 14.5 Å². The number of rotatable bonds is 4. The second kappa shape index (κ2) is 7.43. The molecule has 132 valence electrons. The first-order valence-electron chi connectivity index (χ1n) is 7.95. The fourth-order valence-corrected chi connectivity index (χ4v) is 4.00. The fraction of sp³-hybridized carbons (Fsp3) is 0.150. The number of Topliss-reactive ketones (excluding diaryl/α,β-unsaturated/α-hetero) is 1. The SMILES string of the molecule is COc1cccc(/C(C)=C2\SC(=S)N(c3ccc(C(C)=O)cc3)C2=O)c1. The Kier molecular flexibility index (Phi) is 5.25. The first-order valence-corrected chi connectivity index (χ1v) is 9.17. The molecule has 2 aromatic carbocycles. The molecule has 0 bridgehead atoms. The molecule has 6 heteroatoms. The average Bonchev–Trinajstić information content (AvgIpc) is 2.95. The van der Waals surface area contributed by atoms with E-state index in [0.29, 0.717) is 20.5 Å². The van der Waals surface area contributed by atoms with E-state index < -0.39 is 0 Å². The number of allylic oxidation sites excluding steroid dienone is 1. The van der Waals surface area contributed by atoms with Gasteiger partial charge in [0.25, 0.3) is 5.91 Å². The molecule has 0 N–H and O–H groups in total. The lowest BCUT2D eigenvalue weighted by Crippen LogP contribution is -2.27. The molecule has 26 heavy (non-hydrogen) atoms. The lowest BCUT2D eigenvalue weighted by molar-refractivity contribution is -0.113. The number of hydrogen-bond donors (Lipinski definition) is 0. The topological polar surface area (TPSA) is 46.6 Å². The van der Waals surface area contributed by atoms with Gasteiger partial charge in [-0.1, -0.05) is 36.1 Å². The average molecular weight is 383 g/mol. The minimum atomic E-state index is -0.157. The number of hydrogen-bond acceptors (Lipinski definition) is 5. The molecule has 2 aromatic rings. The molecule has 0 aromatic heterocycles. The van der Waals surface area contributed by atoms with Crippen molar-refractivity contribution in [3.8, 4) is 5.75 Å². The molecule has 1 aliphatic heterocycles. The zero-order valence-electron chi connectivity index (χ0n) is 14.6. The largest absolute Gasteiger partial charge is 0.497 e. The standard InChI is InChI=1S/C20H17NO3S2/c1-12(15-5-4-6-17(11-15)24-3)18-19(23)21(20(25)26-18)16-9-7-14(8-10-16)13(2)22/h4-11H,1-3H3/b18-12-. The Morgan fingerprint density at radius 2 is 1.77 bits per heavy atom. The number of carbonyl (C=O) groups excluding carboxylic acids is 2. The summed E-state index contributed by atoms with van der Waals surface area (Å²) in [6, 6.07) is 14.5. The third-order valence-electron chi connectivity index (χ3n) is 4.14. The van der Waals surface area contributed by atoms with Crippen LogP contribution in [0.1, 0.15) is 29.8 Å². The van der Waals surface area contributed by atoms with E-state index in [0.717, 1.165) is 16.9 Å². The number of amides is 1. The maximum absolute atomic E-state index is 13.0. The van der Waals surface area contributed by atoms with Crippen LogP contribution in [-0.4, -0.2) is 23.1 Å². The van der Waals surface area contributed by atoms with Gasteiger partial charge in [-0.15, -0.1) is 0 Å². The highest BCUT2D eigenvalue weighted by Gasteiger charge is 2.34. The van der Waals surface area contributed by atoms with E-state index in [2.05, 4.69) is 0 Å². The van der Waals surface area contributed by atoms with Crippen molar-refractivity contribution < 1.29 is 14.3 Å². The molecular formula is C20H17NO3S2. The van der Waals surface area contributed by atoms with E-state index >= 15 is 0 Å². The maximum atomic E-state index is 13.0. The number of thiocarbonyl (C=S) groups is 1. The van der Waals surface area contributed by atoms with E-state index in [4.69, 9.17) is 17.0 Å². The van der Waals surface area contributed by atoms with Gasteiger partial charge >= 0.3 is 0 Å². The zero-order valence-corrected chi connectivity index (χ0v) is 16.2. The van der Waals surface area contributed by atoms with Crippen molar-refractivity contribution in [3.63, 3.8) is 0 Å². The number of methoxy groups -OCH3 is 1. The van der Waals surface area contributed by atoms with E-state index in [-0.39, 0.29) is 11.7 Å². The van der Waals surface area contributed by atoms with Gasteiger partial charge in [-0.2, -0.15) is 0 Å². The number of thioether (sulfide) groups is 1. The predicted octanol–water partition coefficient (Wildman–Crippen LogP) is 4.69. The van der Waals surface area contributed by atoms with Gasteiger partial charge in [-0.05, 0) is 61.4 Å². The van der Waals surface area contributed by atoms with Gasteiger partial charge in [0.05, 0.1) is 17.7 Å². The molecule has 1 amide bonds. The van der Waals surface area contributed by atoms with E-state index in [1.54, 1.807) is 31.4 Å². The predicted molar refractivity (Wildman–Crippen MR) is 110 cm³/mol. The number of anilines is 1. The molecule has 3 rings (SSSR count). The smallest absolute Gasteiger partial charge is 0.271 e. The molecule has 1 heterocycles. The molecule has 0 saturated carbocycles. The number of benzene rings is 2. The molecule has 4 nitrogen and oxygen atoms in total. The molecule has 1 saturated heterocycles. The normalized spacial score (nSPS) is 16.0. The lowest BCUT2D eigenvalue weighted by atomic mass is 10.1. The fourth-order valence-electron chi connectivity index (χ4n) is 2.65. The highest BCUT2D eigenvalue weighted by molar-refractivity contribution is 8.27. The molecule has 1 aliphatic rings. The zero-order chi connectivity index (χ0) is 18.8. The van der Waals surface area contributed by atoms with Gasteiger partial charge in [-0.25, -0.2) is 0 Å². The van der Waals surface area contributed by atoms with Crippen molar-refractivity contribution in [2.45, 2.75) is 13.8 Å². The summed E-state index contributed by atoms with van der Waals surface area (Å²) in [5, 5.41) is 0. The Balaban J connectivity index is 1.96. The second-order valence-corrected chi connectivity index (χ2v) is 7.44. The van der Waals surface area contributed by atoms with Crippen LogP contribution in [0.15, 0.2) is 53.4 Å². The summed E-state index contributed by atoms with van der Waals surface area (Å²) in [7, 11) is 1.61. The number of carbonyl (C=O) groups is 2. The quantitative estimate of drug-likeness (QED) is 0.435. The van der Waals surface area contributed by atoms with Crippen molar-refractivity contribution >= 4 is 51.3 Å². The molecule has 0 unspecified atom stereocenters. The summed E-state index contributed by atoms with van der Waals surface area (Å²) in [5.41, 5.74) is 3.02. The van der Waals surface area contributed by atoms with E-state index in [9.17, 15) is 9.59 Å². The molecule has 0 spiro atoms. The van der Waals surface area contributed by atoms with Crippen molar-refractivity contribution in [2.24, 2.45) is 0 Å². The van der Waals surface area contributed by atoms with Crippen LogP contribution in [0.3, 0.4) is 0 Å². The van der Waals surface area contributed by atoms with Crippen molar-refractivity contribution in [1.82, 2.24) is 0 Å².